The van der Waals surface area contributed by atoms with E-state index in [2.05, 4.69) is 63.4 Å². The number of methoxy groups -OCH3 is 1. The zero-order valence-corrected chi connectivity index (χ0v) is 96.3. The number of carbonyl (C=O) groups is 11. The molecule has 0 atom stereocenters. The summed E-state index contributed by atoms with van der Waals surface area (Å²) in [4.78, 5) is 130. The van der Waals surface area contributed by atoms with Crippen LogP contribution in [-0.4, -0.2) is 380 Å². The standard InChI is InChI=1S/C11H22N2O2.C10H19NO3.C10H21NO2.C8H17NO4S.C8H15NO3.C8H17NO2.C7H15NO4S.C7H14O3.C6H13NO2.C5H11NO3S.C4H8N4.C4H10O.C4H10.CH4/c1-11(2,3)15-9-10(14)13-7-5-12(4)6-8-13;1-10(2,3)14-8-9(12)11-4-6-13-7-5-11;1-6-11(7-2)9(12)8-13-10(3,4)5;1-8(2,3)13-6-7(10)9(4)14(5,11)12;1-6(10)9-7(11)5-12-8(2,3)4;1-8(2,3)11-6-7(10)9(4)5;1-7(2,3)12-5-6(9)8-13(4,10)11;1-7(2,3)10-5-6(8)9-4;1-6(2,3)9-4-5(7)8;1-4(2)5(7)6-10(3,8)9;1-3(2)4-5-7-8-6-4;1-4(2,3)5;1-4(2)3;/h5-9H2,1-4H3;4-8H2,1-3H3;6-8H2,1-5H3;6H2,1-5H3;5H2,1-4H3,(H,9,10,11);6H2,1-5H3;5H2,1-4H3,(H,8,9);5H2,1-4H3;4H2,1-3H3,(H2,7,8);4H,1-3H3,(H,6,7);3H,1-2H3,(H,5,6,7,8);5H,1-3H3;4H,1-3H3;1H4. The van der Waals surface area contributed by atoms with Crippen molar-refractivity contribution < 1.29 is 135 Å². The molecule has 0 radical (unpaired) electrons. The van der Waals surface area contributed by atoms with Gasteiger partial charge in [0, 0.05) is 92.3 Å². The second kappa shape index (κ2) is 75.5. The van der Waals surface area contributed by atoms with Crippen LogP contribution in [0.2, 0.25) is 0 Å². The highest BCUT2D eigenvalue weighted by Crippen LogP contribution is 2.14. The lowest BCUT2D eigenvalue weighted by Gasteiger charge is -2.33. The molecule has 0 saturated carbocycles. The zero-order valence-electron chi connectivity index (χ0n) is 93.9. The number of likely N-dealkylation sites (N-methyl/N-ethyl adjacent to an activating group) is 4. The maximum atomic E-state index is 11.7. The number of morpholine rings is 1. The van der Waals surface area contributed by atoms with Crippen molar-refractivity contribution in [3.63, 3.8) is 0 Å². The van der Waals surface area contributed by atoms with Crippen LogP contribution in [0.15, 0.2) is 0 Å². The summed E-state index contributed by atoms with van der Waals surface area (Å²) >= 11 is 0. The molecule has 7 N–H and O–H groups in total. The first-order valence-corrected chi connectivity index (χ1v) is 51.1. The van der Waals surface area contributed by atoms with Gasteiger partial charge >= 0.3 is 5.97 Å². The third kappa shape index (κ3) is 137. The van der Waals surface area contributed by atoms with Gasteiger partial charge in [0.1, 0.15) is 59.5 Å². The summed E-state index contributed by atoms with van der Waals surface area (Å²) in [5, 5.41) is 24.0. The molecule has 0 spiro atoms. The van der Waals surface area contributed by atoms with E-state index in [0.717, 1.165) is 69.8 Å². The molecule has 3 rings (SSSR count). The molecule has 10 amide bonds. The number of amides is 10. The maximum Gasteiger partial charge on any atom is 0.331 e. The first-order valence-electron chi connectivity index (χ1n) is 45.4. The van der Waals surface area contributed by atoms with Gasteiger partial charge in [-0.05, 0) is 235 Å². The number of esters is 1. The summed E-state index contributed by atoms with van der Waals surface area (Å²) in [6.45, 7) is 83.0. The smallest absolute Gasteiger partial charge is 0.331 e. The highest BCUT2D eigenvalue weighted by atomic mass is 32.2. The predicted molar refractivity (Wildman–Crippen MR) is 545 cm³/mol. The van der Waals surface area contributed by atoms with Crippen molar-refractivity contribution in [1.29, 1.82) is 0 Å². The third-order valence-corrected chi connectivity index (χ3v) is 16.3. The summed E-state index contributed by atoms with van der Waals surface area (Å²) in [5.74, 6) is -1.31. The second-order valence-corrected chi connectivity index (χ2v) is 47.9. The van der Waals surface area contributed by atoms with E-state index < -0.39 is 76.4 Å². The van der Waals surface area contributed by atoms with Gasteiger partial charge in [-0.3, -0.25) is 62.7 Å². The van der Waals surface area contributed by atoms with E-state index in [9.17, 15) is 78.0 Å². The van der Waals surface area contributed by atoms with Gasteiger partial charge in [-0.2, -0.15) is 5.21 Å². The lowest BCUT2D eigenvalue weighted by Crippen LogP contribution is -2.48. The number of aliphatic hydroxyl groups is 1. The number of ether oxygens (including phenoxy) is 11. The molecule has 46 heteroatoms. The van der Waals surface area contributed by atoms with Crippen LogP contribution in [0, 0.1) is 11.8 Å². The molecule has 2 saturated heterocycles. The lowest BCUT2D eigenvalue weighted by molar-refractivity contribution is -0.151. The number of aromatic amines is 1. The van der Waals surface area contributed by atoms with Crippen molar-refractivity contribution in [2.75, 3.05) is 179 Å². The number of hydrogen-bond acceptors (Lipinski definition) is 33. The van der Waals surface area contributed by atoms with Crippen LogP contribution in [-0.2, 0) is 135 Å². The van der Waals surface area contributed by atoms with Crippen molar-refractivity contribution >= 4 is 95.1 Å². The SMILES string of the molecule is C.CC(=O)NC(=O)COC(C)(C)C.CC(C)(C)O.CC(C)(C)OCC(=O)N1CCOCC1.CC(C)(C)OCC(=O)NS(C)(=O)=O.CC(C)(C)OCC(N)=O.CC(C)C.CC(C)C(=O)NS(C)(=O)=O.CC(C)c1nn[nH]n1.CCN(CC)C(=O)COC(C)(C)C.CN(C(=O)COC(C)(C)C)S(C)(=O)=O.CN(C)C(=O)COC(C)(C)C.CN1CCN(C(=O)COC(C)(C)C)CC1.COC(=O)COC(C)(C)C. The average Bonchev–Trinajstić information content (AvgIpc) is 1.32. The van der Waals surface area contributed by atoms with E-state index in [-0.39, 0.29) is 148 Å². The fourth-order valence-corrected chi connectivity index (χ4v) is 8.38. The van der Waals surface area contributed by atoms with Crippen LogP contribution in [0.5, 0.6) is 0 Å². The largest absolute Gasteiger partial charge is 0.467 e. The van der Waals surface area contributed by atoms with Crippen molar-refractivity contribution in [2.45, 2.75) is 346 Å². The van der Waals surface area contributed by atoms with Crippen molar-refractivity contribution in [2.24, 2.45) is 17.6 Å². The predicted octanol–water partition coefficient (Wildman–Crippen LogP) is 8.73. The topological polar surface area (TPSA) is 548 Å². The Morgan fingerprint density at radius 2 is 0.755 bits per heavy atom. The van der Waals surface area contributed by atoms with Crippen LogP contribution in [0.25, 0.3) is 0 Å². The fourth-order valence-electron chi connectivity index (χ4n) is 6.88. The normalized spacial score (nSPS) is 13.0. The number of hydrogen-bond donors (Lipinski definition) is 6. The maximum absolute atomic E-state index is 11.7. The molecule has 3 heterocycles. The Hall–Kier alpha value is -7.19. The molecule has 0 aliphatic carbocycles. The molecular formula is C93H196N14O29S3. The van der Waals surface area contributed by atoms with E-state index in [4.69, 9.17) is 58.2 Å². The Labute approximate surface area is 838 Å². The summed E-state index contributed by atoms with van der Waals surface area (Å²) in [5.41, 5.74) is 1.60. The van der Waals surface area contributed by atoms with Crippen LogP contribution in [0.3, 0.4) is 0 Å². The van der Waals surface area contributed by atoms with E-state index in [0.29, 0.717) is 36.5 Å². The number of carbonyl (C=O) groups excluding carboxylic acids is 11. The number of aromatic nitrogens is 4. The minimum Gasteiger partial charge on any atom is -0.467 e. The quantitative estimate of drug-likeness (QED) is 0.0498. The first kappa shape index (κ1) is 155. The number of rotatable bonds is 25. The molecule has 2 aliphatic heterocycles. The van der Waals surface area contributed by atoms with Gasteiger partial charge in [0.05, 0.1) is 95.1 Å². The molecule has 43 nitrogen and oxygen atoms in total. The van der Waals surface area contributed by atoms with Gasteiger partial charge in [0.25, 0.3) is 17.7 Å². The van der Waals surface area contributed by atoms with Crippen molar-refractivity contribution in [1.82, 2.24) is 64.2 Å². The van der Waals surface area contributed by atoms with Gasteiger partial charge in [-0.1, -0.05) is 61.1 Å². The average molecular weight is 2070 g/mol. The molecule has 0 bridgehead atoms. The van der Waals surface area contributed by atoms with E-state index in [1.807, 2.05) is 183 Å². The number of tetrazole rings is 1. The Balaban J connectivity index is -0.000000143. The number of nitrogens with zero attached hydrogens (tertiary/aromatic N) is 9. The molecule has 2 fully saturated rings. The van der Waals surface area contributed by atoms with Crippen molar-refractivity contribution in [3.8, 4) is 0 Å². The van der Waals surface area contributed by atoms with Gasteiger partial charge in [-0.25, -0.2) is 34.4 Å². The first-order chi connectivity index (χ1) is 61.3. The van der Waals surface area contributed by atoms with Crippen LogP contribution in [0.4, 0.5) is 0 Å². The highest BCUT2D eigenvalue weighted by molar-refractivity contribution is 7.89. The minimum atomic E-state index is -3.47. The van der Waals surface area contributed by atoms with Gasteiger partial charge < -0.3 is 87.4 Å². The Kier molecular flexibility index (Phi) is 84.0. The summed E-state index contributed by atoms with van der Waals surface area (Å²) in [7, 11) is -2.24. The van der Waals surface area contributed by atoms with Gasteiger partial charge in [0.2, 0.25) is 71.4 Å². The number of sulfonamides is 3. The van der Waals surface area contributed by atoms with E-state index >= 15 is 0 Å². The van der Waals surface area contributed by atoms with Crippen molar-refractivity contribution in [3.05, 3.63) is 5.82 Å². The van der Waals surface area contributed by atoms with Crippen LogP contribution < -0.4 is 20.5 Å². The minimum absolute atomic E-state index is 0. The Morgan fingerprint density at radius 3 is 1.00 bits per heavy atom. The number of piperazine rings is 1. The highest BCUT2D eigenvalue weighted by Gasteiger charge is 2.26. The number of nitrogens with two attached hydrogens (primary N) is 1. The molecule has 1 aromatic rings. The number of H-pyrrole nitrogens is 1. The number of primary amides is 1. The lowest BCUT2D eigenvalue weighted by atomic mass is 10.2. The van der Waals surface area contributed by atoms with E-state index in [1.54, 1.807) is 105 Å². The summed E-state index contributed by atoms with van der Waals surface area (Å²) in [6, 6.07) is 0. The second-order valence-electron chi connectivity index (χ2n) is 42.4. The number of imide groups is 1. The molecule has 830 valence electrons. The third-order valence-electron chi connectivity index (χ3n) is 13.9. The number of nitrogens with one attached hydrogen (secondary N) is 4. The summed E-state index contributed by atoms with van der Waals surface area (Å²) < 4.78 is 125. The zero-order chi connectivity index (χ0) is 112. The van der Waals surface area contributed by atoms with Crippen LogP contribution in [0.1, 0.15) is 296 Å². The molecule has 139 heavy (non-hydrogen) atoms. The Bertz CT molecular complexity index is 3830. The fraction of sp³-hybridized carbons (Fsp3) is 0.871. The Morgan fingerprint density at radius 1 is 0.460 bits per heavy atom. The van der Waals surface area contributed by atoms with E-state index in [1.165, 1.54) is 26.0 Å². The molecular weight excluding hydrogens is 1870 g/mol. The van der Waals surface area contributed by atoms with Gasteiger partial charge in [0.15, 0.2) is 5.82 Å². The van der Waals surface area contributed by atoms with Gasteiger partial charge in [-0.15, -0.1) is 10.2 Å². The molecule has 2 aliphatic rings. The monoisotopic (exact) mass is 2070 g/mol. The molecule has 0 unspecified atom stereocenters. The molecule has 1 aromatic heterocycles. The summed E-state index contributed by atoms with van der Waals surface area (Å²) in [6.07, 6.45) is 2.84. The van der Waals surface area contributed by atoms with Crippen LogP contribution >= 0.6 is 0 Å². The molecule has 0 aromatic carbocycles.